The molecule has 27 heavy (non-hydrogen) atoms. The number of sulfonamides is 1. The van der Waals surface area contributed by atoms with Gasteiger partial charge in [-0.3, -0.25) is 4.79 Å². The normalized spacial score (nSPS) is 17.3. The Bertz CT molecular complexity index is 680. The van der Waals surface area contributed by atoms with Crippen LogP contribution in [0.5, 0.6) is 5.75 Å². The highest BCUT2D eigenvalue weighted by Gasteiger charge is 2.23. The summed E-state index contributed by atoms with van der Waals surface area (Å²) < 4.78 is 32.4. The summed E-state index contributed by atoms with van der Waals surface area (Å²) in [6.45, 7) is 4.89. The topological polar surface area (TPSA) is 87.7 Å². The molecule has 1 saturated heterocycles. The first-order chi connectivity index (χ1) is 12.5. The fourth-order valence-electron chi connectivity index (χ4n) is 3.16. The van der Waals surface area contributed by atoms with Gasteiger partial charge >= 0.3 is 0 Å². The zero-order valence-corrected chi connectivity index (χ0v) is 17.6. The number of carbonyl (C=O) groups excluding carboxylic acids is 1. The van der Waals surface area contributed by atoms with Gasteiger partial charge in [0.2, 0.25) is 15.9 Å². The maximum absolute atomic E-state index is 12.3. The first-order valence-electron chi connectivity index (χ1n) is 9.11. The number of nitrogens with one attached hydrogen (secondary N) is 2. The summed E-state index contributed by atoms with van der Waals surface area (Å²) in [5, 5.41) is 3.15. The van der Waals surface area contributed by atoms with E-state index in [-0.39, 0.29) is 36.2 Å². The Morgan fingerprint density at radius 2 is 2.00 bits per heavy atom. The highest BCUT2D eigenvalue weighted by Crippen LogP contribution is 2.17. The Balaban J connectivity index is 0.00000364. The number of likely N-dealkylation sites (tertiary alicyclic amines) is 1. The molecule has 1 atom stereocenters. The molecule has 0 saturated carbocycles. The Morgan fingerprint density at radius 1 is 1.30 bits per heavy atom. The van der Waals surface area contributed by atoms with Gasteiger partial charge in [0, 0.05) is 26.1 Å². The Labute approximate surface area is 168 Å². The second-order valence-corrected chi connectivity index (χ2v) is 8.22. The van der Waals surface area contributed by atoms with E-state index in [1.54, 1.807) is 12.1 Å². The van der Waals surface area contributed by atoms with Gasteiger partial charge in [-0.2, -0.15) is 0 Å². The molecule has 1 heterocycles. The molecule has 2 rings (SSSR count). The lowest BCUT2D eigenvalue weighted by atomic mass is 9.98. The zero-order valence-electron chi connectivity index (χ0n) is 15.9. The SMILES string of the molecule is CCOc1ccc(S(=O)(=O)NCCC(=O)N2CCCC(CNC)C2)cc1.Cl. The lowest BCUT2D eigenvalue weighted by Crippen LogP contribution is -2.43. The largest absolute Gasteiger partial charge is 0.494 e. The van der Waals surface area contributed by atoms with Crippen molar-refractivity contribution in [2.75, 3.05) is 39.8 Å². The van der Waals surface area contributed by atoms with Crippen LogP contribution >= 0.6 is 12.4 Å². The van der Waals surface area contributed by atoms with Crippen LogP contribution in [0, 0.1) is 5.92 Å². The molecule has 1 aliphatic rings. The van der Waals surface area contributed by atoms with Crippen molar-refractivity contribution in [3.8, 4) is 5.75 Å². The summed E-state index contributed by atoms with van der Waals surface area (Å²) in [6.07, 6.45) is 2.29. The number of piperidine rings is 1. The number of nitrogens with zero attached hydrogens (tertiary/aromatic N) is 1. The number of hydrogen-bond donors (Lipinski definition) is 2. The van der Waals surface area contributed by atoms with E-state index in [4.69, 9.17) is 4.74 Å². The molecule has 0 spiro atoms. The van der Waals surface area contributed by atoms with Crippen LogP contribution in [0.3, 0.4) is 0 Å². The Hall–Kier alpha value is -1.35. The van der Waals surface area contributed by atoms with E-state index in [0.717, 1.165) is 32.5 Å². The second-order valence-electron chi connectivity index (χ2n) is 6.46. The average Bonchev–Trinajstić information content (AvgIpc) is 2.63. The van der Waals surface area contributed by atoms with Gasteiger partial charge in [0.1, 0.15) is 5.75 Å². The summed E-state index contributed by atoms with van der Waals surface area (Å²) in [5.41, 5.74) is 0. The van der Waals surface area contributed by atoms with Crippen molar-refractivity contribution in [1.29, 1.82) is 0 Å². The lowest BCUT2D eigenvalue weighted by molar-refractivity contribution is -0.132. The van der Waals surface area contributed by atoms with Crippen LogP contribution in [-0.2, 0) is 14.8 Å². The quantitative estimate of drug-likeness (QED) is 0.635. The van der Waals surface area contributed by atoms with Gasteiger partial charge in [0.25, 0.3) is 0 Å². The molecule has 2 N–H and O–H groups in total. The van der Waals surface area contributed by atoms with Crippen molar-refractivity contribution in [2.24, 2.45) is 5.92 Å². The van der Waals surface area contributed by atoms with Crippen molar-refractivity contribution in [3.63, 3.8) is 0 Å². The number of amides is 1. The number of carbonyl (C=O) groups is 1. The minimum absolute atomic E-state index is 0. The minimum atomic E-state index is -3.62. The Kier molecular flexibility index (Phi) is 10.1. The van der Waals surface area contributed by atoms with E-state index < -0.39 is 10.0 Å². The van der Waals surface area contributed by atoms with Gasteiger partial charge in [0.15, 0.2) is 0 Å². The van der Waals surface area contributed by atoms with Crippen LogP contribution in [-0.4, -0.2) is 59.1 Å². The molecular formula is C18H30ClN3O4S. The molecule has 7 nitrogen and oxygen atoms in total. The summed E-state index contributed by atoms with van der Waals surface area (Å²) in [7, 11) is -1.71. The molecule has 0 aromatic heterocycles. The minimum Gasteiger partial charge on any atom is -0.494 e. The lowest BCUT2D eigenvalue weighted by Gasteiger charge is -2.32. The first-order valence-corrected chi connectivity index (χ1v) is 10.6. The number of halogens is 1. The fourth-order valence-corrected chi connectivity index (χ4v) is 4.19. The molecular weight excluding hydrogens is 390 g/mol. The van der Waals surface area contributed by atoms with Gasteiger partial charge in [-0.15, -0.1) is 12.4 Å². The fraction of sp³-hybridized carbons (Fsp3) is 0.611. The van der Waals surface area contributed by atoms with Gasteiger partial charge in [-0.1, -0.05) is 0 Å². The molecule has 9 heteroatoms. The number of benzene rings is 1. The third kappa shape index (κ3) is 7.29. The maximum Gasteiger partial charge on any atom is 0.240 e. The summed E-state index contributed by atoms with van der Waals surface area (Å²) >= 11 is 0. The molecule has 1 amide bonds. The molecule has 0 aliphatic carbocycles. The molecule has 154 valence electrons. The molecule has 1 aliphatic heterocycles. The van der Waals surface area contributed by atoms with Gasteiger partial charge in [-0.25, -0.2) is 13.1 Å². The number of rotatable bonds is 9. The third-order valence-electron chi connectivity index (χ3n) is 4.44. The van der Waals surface area contributed by atoms with Crippen molar-refractivity contribution >= 4 is 28.3 Å². The van der Waals surface area contributed by atoms with E-state index in [0.29, 0.717) is 18.3 Å². The molecule has 1 aromatic rings. The summed E-state index contributed by atoms with van der Waals surface area (Å²) in [6, 6.07) is 6.25. The van der Waals surface area contributed by atoms with E-state index in [1.165, 1.54) is 12.1 Å². The molecule has 1 aromatic carbocycles. The van der Waals surface area contributed by atoms with Gasteiger partial charge in [0.05, 0.1) is 11.5 Å². The smallest absolute Gasteiger partial charge is 0.240 e. The van der Waals surface area contributed by atoms with Crippen molar-refractivity contribution in [1.82, 2.24) is 14.9 Å². The average molecular weight is 420 g/mol. The monoisotopic (exact) mass is 419 g/mol. The van der Waals surface area contributed by atoms with Crippen molar-refractivity contribution in [3.05, 3.63) is 24.3 Å². The number of hydrogen-bond acceptors (Lipinski definition) is 5. The van der Waals surface area contributed by atoms with Gasteiger partial charge < -0.3 is 15.0 Å². The number of ether oxygens (including phenoxy) is 1. The third-order valence-corrected chi connectivity index (χ3v) is 5.92. The van der Waals surface area contributed by atoms with Crippen LogP contribution < -0.4 is 14.8 Å². The van der Waals surface area contributed by atoms with E-state index >= 15 is 0 Å². The van der Waals surface area contributed by atoms with E-state index in [9.17, 15) is 13.2 Å². The van der Waals surface area contributed by atoms with Crippen LogP contribution in [0.2, 0.25) is 0 Å². The van der Waals surface area contributed by atoms with E-state index in [2.05, 4.69) is 10.0 Å². The van der Waals surface area contributed by atoms with Crippen LogP contribution in [0.25, 0.3) is 0 Å². The molecule has 0 radical (unpaired) electrons. The highest BCUT2D eigenvalue weighted by molar-refractivity contribution is 7.89. The van der Waals surface area contributed by atoms with E-state index in [1.807, 2.05) is 18.9 Å². The standard InChI is InChI=1S/C18H29N3O4S.ClH/c1-3-25-16-6-8-17(9-7-16)26(23,24)20-11-10-18(22)21-12-4-5-15(14-21)13-19-2;/h6-9,15,19-20H,3-5,10-14H2,1-2H3;1H. The van der Waals surface area contributed by atoms with Crippen LogP contribution in [0.1, 0.15) is 26.2 Å². The highest BCUT2D eigenvalue weighted by atomic mass is 35.5. The maximum atomic E-state index is 12.3. The predicted molar refractivity (Wildman–Crippen MR) is 108 cm³/mol. The predicted octanol–water partition coefficient (Wildman–Crippen LogP) is 1.63. The zero-order chi connectivity index (χ0) is 19.0. The van der Waals surface area contributed by atoms with Gasteiger partial charge in [-0.05, 0) is 63.5 Å². The molecule has 0 bridgehead atoms. The molecule has 1 unspecified atom stereocenters. The van der Waals surface area contributed by atoms with Crippen molar-refractivity contribution < 1.29 is 17.9 Å². The molecule has 1 fully saturated rings. The van der Waals surface area contributed by atoms with Crippen LogP contribution in [0.15, 0.2) is 29.2 Å². The summed E-state index contributed by atoms with van der Waals surface area (Å²) in [4.78, 5) is 14.4. The first kappa shape index (κ1) is 23.7. The second kappa shape index (κ2) is 11.5. The summed E-state index contributed by atoms with van der Waals surface area (Å²) in [5.74, 6) is 1.10. The van der Waals surface area contributed by atoms with Crippen LogP contribution in [0.4, 0.5) is 0 Å². The van der Waals surface area contributed by atoms with Crippen molar-refractivity contribution in [2.45, 2.75) is 31.1 Å². The Morgan fingerprint density at radius 3 is 2.63 bits per heavy atom.